The van der Waals surface area contributed by atoms with Crippen molar-refractivity contribution in [2.24, 2.45) is 5.73 Å². The lowest BCUT2D eigenvalue weighted by atomic mass is 9.76. The third kappa shape index (κ3) is 2.13. The number of methoxy groups -OCH3 is 1. The molecule has 0 amide bonds. The SMILES string of the molecule is COC1CCC(CN)(N(C)C2CCC2)CC1. The van der Waals surface area contributed by atoms with Gasteiger partial charge in [-0.2, -0.15) is 0 Å². The van der Waals surface area contributed by atoms with Crippen molar-refractivity contribution < 1.29 is 4.74 Å². The van der Waals surface area contributed by atoms with Gasteiger partial charge in [0.15, 0.2) is 0 Å². The molecule has 2 fully saturated rings. The molecule has 2 saturated carbocycles. The number of nitrogens with two attached hydrogens (primary N) is 1. The summed E-state index contributed by atoms with van der Waals surface area (Å²) >= 11 is 0. The van der Waals surface area contributed by atoms with Gasteiger partial charge in [0.25, 0.3) is 0 Å². The van der Waals surface area contributed by atoms with Crippen molar-refractivity contribution in [1.29, 1.82) is 0 Å². The summed E-state index contributed by atoms with van der Waals surface area (Å²) in [6, 6.07) is 0.794. The molecule has 0 aromatic rings. The number of rotatable bonds is 4. The molecule has 2 rings (SSSR count). The Morgan fingerprint density at radius 3 is 2.25 bits per heavy atom. The Kier molecular flexibility index (Phi) is 3.88. The van der Waals surface area contributed by atoms with Gasteiger partial charge in [0.05, 0.1) is 6.10 Å². The highest BCUT2D eigenvalue weighted by atomic mass is 16.5. The average molecular weight is 226 g/mol. The summed E-state index contributed by atoms with van der Waals surface area (Å²) in [6.45, 7) is 0.802. The highest BCUT2D eigenvalue weighted by Crippen LogP contribution is 2.38. The second kappa shape index (κ2) is 5.03. The van der Waals surface area contributed by atoms with Gasteiger partial charge >= 0.3 is 0 Å². The summed E-state index contributed by atoms with van der Waals surface area (Å²) < 4.78 is 5.45. The topological polar surface area (TPSA) is 38.5 Å². The van der Waals surface area contributed by atoms with E-state index in [4.69, 9.17) is 10.5 Å². The molecule has 3 nitrogen and oxygen atoms in total. The van der Waals surface area contributed by atoms with Crippen LogP contribution in [0.25, 0.3) is 0 Å². The lowest BCUT2D eigenvalue weighted by Crippen LogP contribution is -2.59. The van der Waals surface area contributed by atoms with Gasteiger partial charge < -0.3 is 10.5 Å². The fourth-order valence-electron chi connectivity index (χ4n) is 3.23. The van der Waals surface area contributed by atoms with Gasteiger partial charge in [0.2, 0.25) is 0 Å². The van der Waals surface area contributed by atoms with Crippen LogP contribution in [0.15, 0.2) is 0 Å². The maximum absolute atomic E-state index is 6.06. The normalized spacial score (nSPS) is 36.4. The highest BCUT2D eigenvalue weighted by molar-refractivity contribution is 4.98. The first-order valence-corrected chi connectivity index (χ1v) is 6.67. The van der Waals surface area contributed by atoms with E-state index in [-0.39, 0.29) is 5.54 Å². The van der Waals surface area contributed by atoms with Crippen LogP contribution < -0.4 is 5.73 Å². The first-order valence-electron chi connectivity index (χ1n) is 6.67. The van der Waals surface area contributed by atoms with Crippen LogP contribution in [0, 0.1) is 0 Å². The minimum Gasteiger partial charge on any atom is -0.381 e. The van der Waals surface area contributed by atoms with Crippen LogP contribution in [-0.2, 0) is 4.74 Å². The van der Waals surface area contributed by atoms with Crippen LogP contribution in [0.3, 0.4) is 0 Å². The van der Waals surface area contributed by atoms with E-state index in [2.05, 4.69) is 11.9 Å². The van der Waals surface area contributed by atoms with E-state index in [9.17, 15) is 0 Å². The Hall–Kier alpha value is -0.120. The summed E-state index contributed by atoms with van der Waals surface area (Å²) in [5.41, 5.74) is 6.32. The quantitative estimate of drug-likeness (QED) is 0.794. The molecule has 0 bridgehead atoms. The summed E-state index contributed by atoms with van der Waals surface area (Å²) in [5, 5.41) is 0. The number of ether oxygens (including phenoxy) is 1. The summed E-state index contributed by atoms with van der Waals surface area (Å²) in [6.07, 6.45) is 9.35. The predicted octanol–water partition coefficient (Wildman–Crippen LogP) is 1.76. The van der Waals surface area contributed by atoms with Crippen molar-refractivity contribution in [3.05, 3.63) is 0 Å². The zero-order valence-electron chi connectivity index (χ0n) is 10.7. The van der Waals surface area contributed by atoms with Crippen molar-refractivity contribution in [2.45, 2.75) is 62.6 Å². The number of nitrogens with zero attached hydrogens (tertiary/aromatic N) is 1. The molecule has 0 saturated heterocycles. The highest BCUT2D eigenvalue weighted by Gasteiger charge is 2.41. The molecule has 0 aliphatic heterocycles. The van der Waals surface area contributed by atoms with Crippen molar-refractivity contribution in [2.75, 3.05) is 20.7 Å². The molecule has 94 valence electrons. The number of likely N-dealkylation sites (N-methyl/N-ethyl adjacent to an activating group) is 1. The lowest BCUT2D eigenvalue weighted by Gasteiger charge is -2.51. The molecule has 16 heavy (non-hydrogen) atoms. The molecule has 0 heterocycles. The first-order chi connectivity index (χ1) is 7.72. The zero-order valence-corrected chi connectivity index (χ0v) is 10.7. The Morgan fingerprint density at radius 2 is 1.88 bits per heavy atom. The first kappa shape index (κ1) is 12.3. The molecule has 3 heteroatoms. The van der Waals surface area contributed by atoms with E-state index < -0.39 is 0 Å². The molecule has 2 aliphatic rings. The molecule has 0 radical (unpaired) electrons. The molecule has 0 unspecified atom stereocenters. The second-order valence-electron chi connectivity index (χ2n) is 5.56. The van der Waals surface area contributed by atoms with E-state index >= 15 is 0 Å². The fourth-order valence-corrected chi connectivity index (χ4v) is 3.23. The molecule has 2 N–H and O–H groups in total. The van der Waals surface area contributed by atoms with Crippen LogP contribution in [0.5, 0.6) is 0 Å². The Bertz CT molecular complexity index is 220. The molecular weight excluding hydrogens is 200 g/mol. The van der Waals surface area contributed by atoms with Crippen LogP contribution in [0.2, 0.25) is 0 Å². The fraction of sp³-hybridized carbons (Fsp3) is 1.00. The molecule has 0 spiro atoms. The minimum absolute atomic E-state index is 0.264. The molecule has 0 aromatic heterocycles. The van der Waals surface area contributed by atoms with Gasteiger partial charge in [0.1, 0.15) is 0 Å². The maximum Gasteiger partial charge on any atom is 0.0572 e. The van der Waals surface area contributed by atoms with Crippen LogP contribution in [-0.4, -0.2) is 43.3 Å². The van der Waals surface area contributed by atoms with Gasteiger partial charge in [-0.25, -0.2) is 0 Å². The Balaban J connectivity index is 1.96. The van der Waals surface area contributed by atoms with E-state index in [0.717, 1.165) is 12.6 Å². The second-order valence-corrected chi connectivity index (χ2v) is 5.56. The van der Waals surface area contributed by atoms with E-state index in [0.29, 0.717) is 6.10 Å². The standard InChI is InChI=1S/C13H26N2O/c1-15(11-4-3-5-11)13(10-14)8-6-12(16-2)7-9-13/h11-12H,3-10,14H2,1-2H3. The van der Waals surface area contributed by atoms with Crippen LogP contribution in [0.4, 0.5) is 0 Å². The molecular formula is C13H26N2O. The van der Waals surface area contributed by atoms with Crippen molar-refractivity contribution in [3.63, 3.8) is 0 Å². The molecule has 2 aliphatic carbocycles. The number of hydrogen-bond donors (Lipinski definition) is 1. The minimum atomic E-state index is 0.264. The smallest absolute Gasteiger partial charge is 0.0572 e. The monoisotopic (exact) mass is 226 g/mol. The summed E-state index contributed by atoms with van der Waals surface area (Å²) in [4.78, 5) is 2.59. The average Bonchev–Trinajstić information content (AvgIpc) is 2.27. The Labute approximate surface area is 99.3 Å². The van der Waals surface area contributed by atoms with Crippen molar-refractivity contribution in [3.8, 4) is 0 Å². The van der Waals surface area contributed by atoms with E-state index in [1.165, 1.54) is 44.9 Å². The summed E-state index contributed by atoms with van der Waals surface area (Å²) in [5.74, 6) is 0. The lowest BCUT2D eigenvalue weighted by molar-refractivity contribution is -0.0280. The van der Waals surface area contributed by atoms with Crippen LogP contribution in [0.1, 0.15) is 44.9 Å². The number of hydrogen-bond acceptors (Lipinski definition) is 3. The summed E-state index contributed by atoms with van der Waals surface area (Å²) in [7, 11) is 4.11. The third-order valence-corrected chi connectivity index (χ3v) is 4.95. The van der Waals surface area contributed by atoms with Gasteiger partial charge in [-0.05, 0) is 45.6 Å². The maximum atomic E-state index is 6.06. The van der Waals surface area contributed by atoms with Crippen molar-refractivity contribution in [1.82, 2.24) is 4.90 Å². The zero-order chi connectivity index (χ0) is 11.6. The van der Waals surface area contributed by atoms with Crippen molar-refractivity contribution >= 4 is 0 Å². The predicted molar refractivity (Wildman–Crippen MR) is 66.5 cm³/mol. The molecule has 0 atom stereocenters. The van der Waals surface area contributed by atoms with Gasteiger partial charge in [-0.3, -0.25) is 4.90 Å². The van der Waals surface area contributed by atoms with E-state index in [1.54, 1.807) is 0 Å². The van der Waals surface area contributed by atoms with Crippen LogP contribution >= 0.6 is 0 Å². The Morgan fingerprint density at radius 1 is 1.25 bits per heavy atom. The molecule has 0 aromatic carbocycles. The van der Waals surface area contributed by atoms with E-state index in [1.807, 2.05) is 7.11 Å². The third-order valence-electron chi connectivity index (χ3n) is 4.95. The van der Waals surface area contributed by atoms with Gasteiger partial charge in [0, 0.05) is 25.2 Å². The van der Waals surface area contributed by atoms with Gasteiger partial charge in [-0.15, -0.1) is 0 Å². The van der Waals surface area contributed by atoms with Gasteiger partial charge in [-0.1, -0.05) is 6.42 Å². The largest absolute Gasteiger partial charge is 0.381 e.